The van der Waals surface area contributed by atoms with Crippen molar-refractivity contribution in [2.75, 3.05) is 39.9 Å². The molecule has 0 saturated carbocycles. The summed E-state index contributed by atoms with van der Waals surface area (Å²) in [5, 5.41) is 11.8. The molecule has 0 spiro atoms. The van der Waals surface area contributed by atoms with Crippen LogP contribution in [0.25, 0.3) is 0 Å². The average molecular weight is 530 g/mol. The minimum atomic E-state index is -0.750. The number of amides is 1. The Kier molecular flexibility index (Phi) is 10.1. The molecule has 0 bridgehead atoms. The number of Topliss-reactive ketones (excluding diaryl/α,β-unsaturated/α-hetero) is 1. The molecule has 9 heteroatoms. The molecule has 1 amide bonds. The number of aryl methyl sites for hydroxylation is 2. The first kappa shape index (κ1) is 28.7. The highest BCUT2D eigenvalue weighted by molar-refractivity contribution is 7.14. The lowest BCUT2D eigenvalue weighted by Gasteiger charge is -2.29. The van der Waals surface area contributed by atoms with Gasteiger partial charge in [-0.2, -0.15) is 0 Å². The first-order valence-electron chi connectivity index (χ1n) is 13.0. The number of aliphatic hydroxyl groups excluding tert-OH is 1. The molecule has 0 fully saturated rings. The van der Waals surface area contributed by atoms with Gasteiger partial charge in [0.1, 0.15) is 0 Å². The minimum absolute atomic E-state index is 0.0787. The van der Waals surface area contributed by atoms with Gasteiger partial charge in [-0.25, -0.2) is 4.98 Å². The lowest BCUT2D eigenvalue weighted by atomic mass is 9.94. The normalized spacial score (nSPS) is 15.7. The van der Waals surface area contributed by atoms with E-state index in [4.69, 9.17) is 9.47 Å². The van der Waals surface area contributed by atoms with Gasteiger partial charge in [0, 0.05) is 13.1 Å². The van der Waals surface area contributed by atoms with Gasteiger partial charge in [0.05, 0.1) is 40.9 Å². The number of carbonyl (C=O) groups excluding carboxylic acids is 2. The van der Waals surface area contributed by atoms with Gasteiger partial charge < -0.3 is 24.4 Å². The van der Waals surface area contributed by atoms with E-state index in [0.717, 1.165) is 37.4 Å². The monoisotopic (exact) mass is 529 g/mol. The van der Waals surface area contributed by atoms with Crippen LogP contribution in [0.15, 0.2) is 29.5 Å². The Balaban J connectivity index is 2.02. The lowest BCUT2D eigenvalue weighted by molar-refractivity contribution is -0.129. The number of unbranched alkanes of at least 4 members (excludes halogenated alkanes) is 2. The highest BCUT2D eigenvalue weighted by atomic mass is 32.1. The van der Waals surface area contributed by atoms with Gasteiger partial charge in [0.25, 0.3) is 5.91 Å². The Hall–Kier alpha value is -2.91. The third-order valence-electron chi connectivity index (χ3n) is 6.72. The summed E-state index contributed by atoms with van der Waals surface area (Å²) in [4.78, 5) is 35.7. The number of nitrogens with zero attached hydrogens (tertiary/aromatic N) is 3. The largest absolute Gasteiger partial charge is 0.503 e. The third-order valence-corrected chi connectivity index (χ3v) is 7.79. The molecule has 1 aromatic heterocycles. The fourth-order valence-corrected chi connectivity index (χ4v) is 5.50. The fraction of sp³-hybridized carbons (Fsp3) is 0.536. The smallest absolute Gasteiger partial charge is 0.290 e. The van der Waals surface area contributed by atoms with Crippen LogP contribution < -0.4 is 9.47 Å². The number of thiazole rings is 1. The first-order valence-corrected chi connectivity index (χ1v) is 13.8. The summed E-state index contributed by atoms with van der Waals surface area (Å²) in [7, 11) is 1.57. The Bertz CT molecular complexity index is 1140. The second-order valence-electron chi connectivity index (χ2n) is 9.13. The number of ketones is 1. The van der Waals surface area contributed by atoms with Gasteiger partial charge in [-0.1, -0.05) is 39.7 Å². The highest BCUT2D eigenvalue weighted by Crippen LogP contribution is 2.42. The van der Waals surface area contributed by atoms with Crippen molar-refractivity contribution >= 4 is 23.0 Å². The van der Waals surface area contributed by atoms with Crippen LogP contribution in [-0.4, -0.2) is 71.5 Å². The number of ether oxygens (including phenoxy) is 2. The molecule has 3 rings (SSSR count). The van der Waals surface area contributed by atoms with Gasteiger partial charge in [0.2, 0.25) is 5.78 Å². The maximum Gasteiger partial charge on any atom is 0.290 e. The molecule has 37 heavy (non-hydrogen) atoms. The summed E-state index contributed by atoms with van der Waals surface area (Å²) >= 11 is 1.27. The van der Waals surface area contributed by atoms with Crippen molar-refractivity contribution in [3.8, 4) is 11.5 Å². The molecule has 0 radical (unpaired) electrons. The molecule has 1 N–H and O–H groups in total. The van der Waals surface area contributed by atoms with Crippen molar-refractivity contribution < 1.29 is 24.2 Å². The van der Waals surface area contributed by atoms with Crippen molar-refractivity contribution in [2.45, 2.75) is 59.9 Å². The van der Waals surface area contributed by atoms with E-state index in [9.17, 15) is 14.7 Å². The zero-order chi connectivity index (χ0) is 27.1. The average Bonchev–Trinajstić information content (AvgIpc) is 3.36. The molecule has 8 nitrogen and oxygen atoms in total. The lowest BCUT2D eigenvalue weighted by Crippen LogP contribution is -2.38. The number of methoxy groups -OCH3 is 1. The quantitative estimate of drug-likeness (QED) is 0.264. The van der Waals surface area contributed by atoms with E-state index in [1.54, 1.807) is 25.0 Å². The number of rotatable bonds is 14. The van der Waals surface area contributed by atoms with Gasteiger partial charge in [0.15, 0.2) is 17.3 Å². The Morgan fingerprint density at radius 2 is 1.89 bits per heavy atom. The standard InChI is InChI=1S/C28H39N3O5S/c1-7-10-11-16-36-21-13-12-20(17-22(21)35-6)24-23(25(32)27-18(4)29-19(5)37-27)26(33)28(34)31(24)15-14-30(8-2)9-3/h12-13,17,24,33H,7-11,14-16H2,1-6H3. The van der Waals surface area contributed by atoms with Gasteiger partial charge in [-0.3, -0.25) is 9.59 Å². The summed E-state index contributed by atoms with van der Waals surface area (Å²) in [5.74, 6) is -0.287. The minimum Gasteiger partial charge on any atom is -0.503 e. The van der Waals surface area contributed by atoms with Crippen LogP contribution in [0, 0.1) is 13.8 Å². The number of hydrogen-bond donors (Lipinski definition) is 1. The van der Waals surface area contributed by atoms with Crippen molar-refractivity contribution in [3.05, 3.63) is 50.7 Å². The maximum absolute atomic E-state index is 13.7. The van der Waals surface area contributed by atoms with E-state index in [-0.39, 0.29) is 11.4 Å². The van der Waals surface area contributed by atoms with Gasteiger partial charge >= 0.3 is 0 Å². The number of aliphatic hydroxyl groups is 1. The van der Waals surface area contributed by atoms with E-state index < -0.39 is 17.7 Å². The predicted octanol–water partition coefficient (Wildman–Crippen LogP) is 5.26. The zero-order valence-corrected chi connectivity index (χ0v) is 23.6. The van der Waals surface area contributed by atoms with Crippen molar-refractivity contribution in [1.82, 2.24) is 14.8 Å². The third kappa shape index (κ3) is 6.33. The highest BCUT2D eigenvalue weighted by Gasteiger charge is 2.44. The molecule has 202 valence electrons. The van der Waals surface area contributed by atoms with E-state index in [1.807, 2.05) is 19.1 Å². The number of aromatic nitrogens is 1. The van der Waals surface area contributed by atoms with Crippen LogP contribution in [0.4, 0.5) is 0 Å². The van der Waals surface area contributed by atoms with Crippen LogP contribution in [0.2, 0.25) is 0 Å². The fourth-order valence-electron chi connectivity index (χ4n) is 4.62. The second-order valence-corrected chi connectivity index (χ2v) is 10.3. The van der Waals surface area contributed by atoms with E-state index >= 15 is 0 Å². The first-order chi connectivity index (χ1) is 17.8. The van der Waals surface area contributed by atoms with E-state index in [2.05, 4.69) is 30.7 Å². The van der Waals surface area contributed by atoms with E-state index in [0.29, 0.717) is 47.3 Å². The number of likely N-dealkylation sites (N-methyl/N-ethyl adjacent to an activating group) is 1. The summed E-state index contributed by atoms with van der Waals surface area (Å²) in [6, 6.07) is 4.71. The van der Waals surface area contributed by atoms with Gasteiger partial charge in [-0.05, 0) is 51.1 Å². The van der Waals surface area contributed by atoms with E-state index in [1.165, 1.54) is 11.3 Å². The Labute approximate surface area is 223 Å². The predicted molar refractivity (Wildman–Crippen MR) is 146 cm³/mol. The maximum atomic E-state index is 13.7. The molecule has 1 aliphatic heterocycles. The Morgan fingerprint density at radius 1 is 1.16 bits per heavy atom. The van der Waals surface area contributed by atoms with Crippen molar-refractivity contribution in [2.24, 2.45) is 0 Å². The van der Waals surface area contributed by atoms with Crippen LogP contribution >= 0.6 is 11.3 Å². The molecule has 0 saturated heterocycles. The summed E-state index contributed by atoms with van der Waals surface area (Å²) in [5.41, 5.74) is 1.35. The SMILES string of the molecule is CCCCCOc1ccc(C2C(C(=O)c3sc(C)nc3C)=C(O)C(=O)N2CCN(CC)CC)cc1OC. The molecule has 1 atom stereocenters. The summed E-state index contributed by atoms with van der Waals surface area (Å²) < 4.78 is 11.6. The molecule has 0 aliphatic carbocycles. The molecule has 1 aromatic carbocycles. The zero-order valence-electron chi connectivity index (χ0n) is 22.8. The molecular formula is C28H39N3O5S. The number of benzene rings is 1. The van der Waals surface area contributed by atoms with Crippen LogP contribution in [0.1, 0.15) is 72.0 Å². The summed E-state index contributed by atoms with van der Waals surface area (Å²) in [6.45, 7) is 13.1. The molecule has 2 aromatic rings. The molecule has 2 heterocycles. The summed E-state index contributed by atoms with van der Waals surface area (Å²) in [6.07, 6.45) is 3.13. The Morgan fingerprint density at radius 3 is 2.49 bits per heavy atom. The van der Waals surface area contributed by atoms with Crippen molar-refractivity contribution in [1.29, 1.82) is 0 Å². The molecule has 1 aliphatic rings. The number of carbonyl (C=O) groups is 2. The van der Waals surface area contributed by atoms with Crippen LogP contribution in [-0.2, 0) is 4.79 Å². The van der Waals surface area contributed by atoms with Gasteiger partial charge in [-0.15, -0.1) is 11.3 Å². The van der Waals surface area contributed by atoms with Crippen LogP contribution in [0.3, 0.4) is 0 Å². The molecule has 1 unspecified atom stereocenters. The topological polar surface area (TPSA) is 92.2 Å². The molecular weight excluding hydrogens is 490 g/mol. The van der Waals surface area contributed by atoms with Crippen LogP contribution in [0.5, 0.6) is 11.5 Å². The van der Waals surface area contributed by atoms with Crippen molar-refractivity contribution in [3.63, 3.8) is 0 Å². The second kappa shape index (κ2) is 13.1. The number of hydrogen-bond acceptors (Lipinski definition) is 8.